The number of hydrogen-bond acceptors (Lipinski definition) is 2. The van der Waals surface area contributed by atoms with E-state index in [0.717, 1.165) is 35.1 Å². The molecule has 0 bridgehead atoms. The lowest BCUT2D eigenvalue weighted by molar-refractivity contribution is 0.376. The normalized spacial score (nSPS) is 11.0. The fourth-order valence-electron chi connectivity index (χ4n) is 5.24. The second-order valence-corrected chi connectivity index (χ2v) is 14.6. The molecule has 0 unspecified atom stereocenters. The van der Waals surface area contributed by atoms with Gasteiger partial charge in [0.2, 0.25) is 0 Å². The lowest BCUT2D eigenvalue weighted by Crippen LogP contribution is -2.14. The monoisotopic (exact) mass is 596 g/mol. The van der Waals surface area contributed by atoms with E-state index < -0.39 is 15.8 Å². The van der Waals surface area contributed by atoms with Gasteiger partial charge in [-0.15, -0.1) is 0 Å². The standard InChI is InChI=1S/C39H34O2P2/c1-40-38-28-16-18-32(30-43(35-23-10-4-11-24-35)36-25-12-5-13-26-36)39(38)41-37-27-15-14-17-31(37)29-42(33-19-6-2-7-20-33)34-21-8-3-9-22-34/h2-28H,29-30H2,1H3. The van der Waals surface area contributed by atoms with Crippen LogP contribution in [0.25, 0.3) is 0 Å². The fourth-order valence-corrected chi connectivity index (χ4v) is 9.89. The lowest BCUT2D eigenvalue weighted by atomic mass is 10.2. The first-order valence-electron chi connectivity index (χ1n) is 14.5. The third-order valence-corrected chi connectivity index (χ3v) is 12.4. The minimum Gasteiger partial charge on any atom is -0.493 e. The molecule has 0 saturated carbocycles. The molecule has 0 aromatic heterocycles. The number of benzene rings is 6. The third-order valence-electron chi connectivity index (χ3n) is 7.39. The Bertz CT molecular complexity index is 1650. The highest BCUT2D eigenvalue weighted by Gasteiger charge is 2.22. The Morgan fingerprint density at radius 2 is 0.767 bits per heavy atom. The van der Waals surface area contributed by atoms with Gasteiger partial charge in [-0.2, -0.15) is 0 Å². The molecule has 0 fully saturated rings. The van der Waals surface area contributed by atoms with Crippen molar-refractivity contribution in [1.82, 2.24) is 0 Å². The predicted molar refractivity (Wildman–Crippen MR) is 185 cm³/mol. The summed E-state index contributed by atoms with van der Waals surface area (Å²) in [5, 5.41) is 5.39. The molecule has 0 N–H and O–H groups in total. The maximum absolute atomic E-state index is 6.90. The second-order valence-electron chi connectivity index (χ2n) is 10.2. The fraction of sp³-hybridized carbons (Fsp3) is 0.0769. The molecule has 6 rings (SSSR count). The number of rotatable bonds is 11. The largest absolute Gasteiger partial charge is 0.493 e. The Hall–Kier alpha value is -4.22. The van der Waals surface area contributed by atoms with Gasteiger partial charge in [0.15, 0.2) is 11.5 Å². The summed E-state index contributed by atoms with van der Waals surface area (Å²) in [5.41, 5.74) is 2.33. The maximum Gasteiger partial charge on any atom is 0.172 e. The zero-order chi connectivity index (χ0) is 29.3. The molecule has 0 saturated heterocycles. The van der Waals surface area contributed by atoms with E-state index in [1.807, 2.05) is 6.07 Å². The van der Waals surface area contributed by atoms with Gasteiger partial charge in [0.25, 0.3) is 0 Å². The first-order chi connectivity index (χ1) is 21.3. The van der Waals surface area contributed by atoms with Gasteiger partial charge in [0.05, 0.1) is 7.11 Å². The Morgan fingerprint density at radius 1 is 0.395 bits per heavy atom. The molecule has 6 aromatic carbocycles. The van der Waals surface area contributed by atoms with Crippen LogP contribution in [-0.2, 0) is 12.3 Å². The van der Waals surface area contributed by atoms with Gasteiger partial charge in [-0.05, 0) is 54.8 Å². The average Bonchev–Trinajstić information content (AvgIpc) is 3.09. The van der Waals surface area contributed by atoms with Crippen LogP contribution in [0.4, 0.5) is 0 Å². The number of ether oxygens (including phenoxy) is 2. The maximum atomic E-state index is 6.90. The van der Waals surface area contributed by atoms with Crippen molar-refractivity contribution in [3.63, 3.8) is 0 Å². The lowest BCUT2D eigenvalue weighted by Gasteiger charge is -2.23. The van der Waals surface area contributed by atoms with Crippen LogP contribution in [-0.4, -0.2) is 7.11 Å². The van der Waals surface area contributed by atoms with E-state index in [-0.39, 0.29) is 0 Å². The van der Waals surface area contributed by atoms with Crippen molar-refractivity contribution in [2.45, 2.75) is 12.3 Å². The van der Waals surface area contributed by atoms with Crippen molar-refractivity contribution in [3.05, 3.63) is 175 Å². The van der Waals surface area contributed by atoms with Crippen LogP contribution in [0.15, 0.2) is 164 Å². The van der Waals surface area contributed by atoms with E-state index in [0.29, 0.717) is 0 Å². The van der Waals surface area contributed by atoms with Crippen LogP contribution < -0.4 is 30.7 Å². The summed E-state index contributed by atoms with van der Waals surface area (Å²) in [4.78, 5) is 0. The molecule has 0 radical (unpaired) electrons. The molecule has 0 amide bonds. The minimum atomic E-state index is -0.650. The third kappa shape index (κ3) is 7.06. The highest BCUT2D eigenvalue weighted by atomic mass is 31.1. The Balaban J connectivity index is 1.37. The summed E-state index contributed by atoms with van der Waals surface area (Å²) in [6.45, 7) is 0. The van der Waals surface area contributed by atoms with Crippen LogP contribution in [0.5, 0.6) is 17.2 Å². The molecular weight excluding hydrogens is 562 g/mol. The minimum absolute atomic E-state index is 0.620. The summed E-state index contributed by atoms with van der Waals surface area (Å²) in [5.74, 6) is 2.41. The zero-order valence-corrected chi connectivity index (χ0v) is 26.0. The molecule has 0 atom stereocenters. The summed E-state index contributed by atoms with van der Waals surface area (Å²) in [6.07, 6.45) is 1.73. The zero-order valence-electron chi connectivity index (χ0n) is 24.2. The first kappa shape index (κ1) is 28.9. The molecule has 0 spiro atoms. The van der Waals surface area contributed by atoms with E-state index in [2.05, 4.69) is 158 Å². The molecule has 6 aromatic rings. The van der Waals surface area contributed by atoms with Crippen molar-refractivity contribution in [3.8, 4) is 17.2 Å². The molecule has 2 nitrogen and oxygen atoms in total. The highest BCUT2D eigenvalue weighted by Crippen LogP contribution is 2.46. The van der Waals surface area contributed by atoms with Crippen molar-refractivity contribution >= 4 is 37.1 Å². The molecule has 4 heteroatoms. The molecule has 212 valence electrons. The molecular formula is C39H34O2P2. The van der Waals surface area contributed by atoms with Crippen LogP contribution in [0.1, 0.15) is 11.1 Å². The number of para-hydroxylation sites is 2. The van der Waals surface area contributed by atoms with E-state index in [1.54, 1.807) is 7.11 Å². The Morgan fingerprint density at radius 3 is 1.23 bits per heavy atom. The van der Waals surface area contributed by atoms with Crippen LogP contribution in [0.2, 0.25) is 0 Å². The summed E-state index contributed by atoms with van der Waals surface area (Å²) in [7, 11) is 0.452. The van der Waals surface area contributed by atoms with Gasteiger partial charge in [-0.1, -0.05) is 152 Å². The summed E-state index contributed by atoms with van der Waals surface area (Å²) >= 11 is 0. The van der Waals surface area contributed by atoms with Gasteiger partial charge in [0, 0.05) is 17.9 Å². The predicted octanol–water partition coefficient (Wildman–Crippen LogP) is 8.75. The average molecular weight is 597 g/mol. The van der Waals surface area contributed by atoms with E-state index in [1.165, 1.54) is 26.8 Å². The second kappa shape index (κ2) is 14.3. The van der Waals surface area contributed by atoms with Crippen molar-refractivity contribution in [1.29, 1.82) is 0 Å². The topological polar surface area (TPSA) is 18.5 Å². The van der Waals surface area contributed by atoms with Gasteiger partial charge in [-0.25, -0.2) is 0 Å². The summed E-state index contributed by atoms with van der Waals surface area (Å²) < 4.78 is 12.8. The number of hydrogen-bond donors (Lipinski definition) is 0. The van der Waals surface area contributed by atoms with Crippen molar-refractivity contribution in [2.24, 2.45) is 0 Å². The van der Waals surface area contributed by atoms with Crippen LogP contribution in [0.3, 0.4) is 0 Å². The first-order valence-corrected chi connectivity index (χ1v) is 17.5. The molecule has 43 heavy (non-hydrogen) atoms. The summed E-state index contributed by atoms with van der Waals surface area (Å²) in [6, 6.07) is 58.0. The van der Waals surface area contributed by atoms with Gasteiger partial charge >= 0.3 is 0 Å². The van der Waals surface area contributed by atoms with Crippen molar-refractivity contribution in [2.75, 3.05) is 7.11 Å². The Kier molecular flexibility index (Phi) is 9.60. The van der Waals surface area contributed by atoms with Gasteiger partial charge in [0.1, 0.15) is 5.75 Å². The molecule has 0 aliphatic heterocycles. The Labute approximate surface area is 257 Å². The molecule has 0 heterocycles. The number of methoxy groups -OCH3 is 1. The molecule has 0 aliphatic carbocycles. The highest BCUT2D eigenvalue weighted by molar-refractivity contribution is 7.72. The van der Waals surface area contributed by atoms with E-state index >= 15 is 0 Å². The van der Waals surface area contributed by atoms with E-state index in [4.69, 9.17) is 9.47 Å². The smallest absolute Gasteiger partial charge is 0.172 e. The quantitative estimate of drug-likeness (QED) is 0.139. The van der Waals surface area contributed by atoms with Crippen LogP contribution >= 0.6 is 15.8 Å². The van der Waals surface area contributed by atoms with Crippen LogP contribution in [0, 0.1) is 0 Å². The van der Waals surface area contributed by atoms with Gasteiger partial charge in [-0.3, -0.25) is 0 Å². The molecule has 0 aliphatic rings. The van der Waals surface area contributed by atoms with Gasteiger partial charge < -0.3 is 9.47 Å². The van der Waals surface area contributed by atoms with E-state index in [9.17, 15) is 0 Å². The van der Waals surface area contributed by atoms with Crippen molar-refractivity contribution < 1.29 is 9.47 Å². The SMILES string of the molecule is COc1cccc(CP(c2ccccc2)c2ccccc2)c1Oc1ccccc1CP(c1ccccc1)c1ccccc1.